The van der Waals surface area contributed by atoms with Gasteiger partial charge in [0.05, 0.1) is 5.56 Å². The Morgan fingerprint density at radius 3 is 2.57 bits per heavy atom. The molecule has 1 aliphatic rings. The van der Waals surface area contributed by atoms with Crippen LogP contribution in [0.2, 0.25) is 0 Å². The Balaban J connectivity index is 1.50. The predicted molar refractivity (Wildman–Crippen MR) is 104 cm³/mol. The second-order valence-corrected chi connectivity index (χ2v) is 7.33. The average Bonchev–Trinajstić information content (AvgIpc) is 3.26. The second-order valence-electron chi connectivity index (χ2n) is 7.33. The summed E-state index contributed by atoms with van der Waals surface area (Å²) >= 11 is 0. The summed E-state index contributed by atoms with van der Waals surface area (Å²) in [7, 11) is 1.74. The quantitative estimate of drug-likeness (QED) is 0.624. The normalized spacial score (nSPS) is 16.9. The van der Waals surface area contributed by atoms with E-state index in [2.05, 4.69) is 26.1 Å². The fourth-order valence-electron chi connectivity index (χ4n) is 3.82. The molecule has 0 amide bonds. The number of rotatable bonds is 7. The molecule has 3 aromatic heterocycles. The Kier molecular flexibility index (Phi) is 5.73. The number of nitrogens with zero attached hydrogens (tertiary/aromatic N) is 5. The van der Waals surface area contributed by atoms with Gasteiger partial charge in [0.2, 0.25) is 0 Å². The zero-order valence-corrected chi connectivity index (χ0v) is 16.1. The van der Waals surface area contributed by atoms with Crippen LogP contribution in [0.25, 0.3) is 11.5 Å². The van der Waals surface area contributed by atoms with Crippen LogP contribution in [0.3, 0.4) is 0 Å². The zero-order valence-electron chi connectivity index (χ0n) is 16.1. The van der Waals surface area contributed by atoms with Gasteiger partial charge in [0.15, 0.2) is 5.82 Å². The molecule has 146 valence electrons. The van der Waals surface area contributed by atoms with E-state index < -0.39 is 0 Å². The van der Waals surface area contributed by atoms with E-state index in [0.29, 0.717) is 12.5 Å². The summed E-state index contributed by atoms with van der Waals surface area (Å²) in [5.41, 5.74) is 1.97. The third-order valence-electron chi connectivity index (χ3n) is 5.54. The highest BCUT2D eigenvalue weighted by molar-refractivity contribution is 5.50. The van der Waals surface area contributed by atoms with Crippen molar-refractivity contribution >= 4 is 0 Å². The van der Waals surface area contributed by atoms with Crippen LogP contribution in [0.15, 0.2) is 53.6 Å². The molecule has 4 heterocycles. The van der Waals surface area contributed by atoms with Gasteiger partial charge in [-0.15, -0.1) is 0 Å². The van der Waals surface area contributed by atoms with E-state index in [1.807, 2.05) is 30.6 Å². The van der Waals surface area contributed by atoms with E-state index in [0.717, 1.165) is 50.3 Å². The molecule has 7 nitrogen and oxygen atoms in total. The van der Waals surface area contributed by atoms with Crippen molar-refractivity contribution in [1.82, 2.24) is 25.0 Å². The lowest BCUT2D eigenvalue weighted by molar-refractivity contribution is 0.103. The van der Waals surface area contributed by atoms with Crippen molar-refractivity contribution in [2.75, 3.05) is 26.8 Å². The molecule has 3 aromatic rings. The molecule has 0 atom stereocenters. The van der Waals surface area contributed by atoms with E-state index in [4.69, 9.17) is 14.2 Å². The van der Waals surface area contributed by atoms with Gasteiger partial charge >= 0.3 is 0 Å². The first-order valence-corrected chi connectivity index (χ1v) is 9.64. The molecule has 0 aliphatic carbocycles. The number of hydrogen-bond donors (Lipinski definition) is 0. The summed E-state index contributed by atoms with van der Waals surface area (Å²) in [6.45, 7) is 3.56. The molecular weight excluding hydrogens is 354 g/mol. The molecule has 1 saturated heterocycles. The molecular formula is C21H25N5O2. The molecule has 0 bridgehead atoms. The molecule has 0 radical (unpaired) electrons. The smallest absolute Gasteiger partial charge is 0.259 e. The average molecular weight is 379 g/mol. The maximum atomic E-state index is 5.57. The largest absolute Gasteiger partial charge is 0.385 e. The number of methoxy groups -OCH3 is 1. The lowest BCUT2D eigenvalue weighted by Crippen LogP contribution is -2.43. The van der Waals surface area contributed by atoms with Gasteiger partial charge in [0.25, 0.3) is 5.89 Å². The summed E-state index contributed by atoms with van der Waals surface area (Å²) in [6.07, 6.45) is 10.1. The standard InChI is InChI=1S/C21H25N5O2/c1-27-13-8-21(20-24-19(28-25-20)18-5-3-10-23-15-18)6-11-26(12-7-21)16-17-4-2-9-22-14-17/h2-5,9-10,14-15H,6-8,11-13,16H2,1H3. The highest BCUT2D eigenvalue weighted by Crippen LogP contribution is 2.38. The number of ether oxygens (including phenoxy) is 1. The molecule has 0 spiro atoms. The summed E-state index contributed by atoms with van der Waals surface area (Å²) in [5, 5.41) is 4.35. The minimum absolute atomic E-state index is 0.120. The third kappa shape index (κ3) is 4.10. The van der Waals surface area contributed by atoms with Crippen LogP contribution in [0.5, 0.6) is 0 Å². The van der Waals surface area contributed by atoms with Crippen LogP contribution in [0, 0.1) is 0 Å². The lowest BCUT2D eigenvalue weighted by Gasteiger charge is -2.39. The highest BCUT2D eigenvalue weighted by Gasteiger charge is 2.40. The van der Waals surface area contributed by atoms with Crippen molar-refractivity contribution in [3.63, 3.8) is 0 Å². The van der Waals surface area contributed by atoms with E-state index >= 15 is 0 Å². The van der Waals surface area contributed by atoms with Crippen molar-refractivity contribution in [3.8, 4) is 11.5 Å². The Morgan fingerprint density at radius 2 is 1.89 bits per heavy atom. The van der Waals surface area contributed by atoms with Crippen molar-refractivity contribution < 1.29 is 9.26 Å². The van der Waals surface area contributed by atoms with E-state index in [9.17, 15) is 0 Å². The Bertz CT molecular complexity index is 861. The van der Waals surface area contributed by atoms with E-state index in [1.165, 1.54) is 5.56 Å². The summed E-state index contributed by atoms with van der Waals surface area (Å²) in [5.74, 6) is 1.31. The van der Waals surface area contributed by atoms with Crippen molar-refractivity contribution in [3.05, 3.63) is 60.4 Å². The van der Waals surface area contributed by atoms with E-state index in [1.54, 1.807) is 19.5 Å². The Morgan fingerprint density at radius 1 is 1.11 bits per heavy atom. The van der Waals surface area contributed by atoms with Crippen LogP contribution < -0.4 is 0 Å². The van der Waals surface area contributed by atoms with Gasteiger partial charge in [-0.3, -0.25) is 14.9 Å². The first-order valence-electron chi connectivity index (χ1n) is 9.64. The maximum Gasteiger partial charge on any atom is 0.259 e. The summed E-state index contributed by atoms with van der Waals surface area (Å²) in [4.78, 5) is 15.6. The number of piperidine rings is 1. The molecule has 0 aromatic carbocycles. The molecule has 1 fully saturated rings. The first kappa shape index (κ1) is 18.7. The fourth-order valence-corrected chi connectivity index (χ4v) is 3.82. The number of pyridine rings is 2. The van der Waals surface area contributed by atoms with Crippen LogP contribution >= 0.6 is 0 Å². The fraction of sp³-hybridized carbons (Fsp3) is 0.429. The van der Waals surface area contributed by atoms with Gasteiger partial charge in [-0.25, -0.2) is 0 Å². The highest BCUT2D eigenvalue weighted by atomic mass is 16.5. The van der Waals surface area contributed by atoms with Crippen LogP contribution in [0.1, 0.15) is 30.7 Å². The van der Waals surface area contributed by atoms with Crippen LogP contribution in [0.4, 0.5) is 0 Å². The molecule has 4 rings (SSSR count). The van der Waals surface area contributed by atoms with Crippen molar-refractivity contribution in [1.29, 1.82) is 0 Å². The van der Waals surface area contributed by atoms with Gasteiger partial charge in [-0.1, -0.05) is 11.2 Å². The maximum absolute atomic E-state index is 5.57. The number of hydrogen-bond acceptors (Lipinski definition) is 7. The minimum Gasteiger partial charge on any atom is -0.385 e. The first-order chi connectivity index (χ1) is 13.8. The molecule has 28 heavy (non-hydrogen) atoms. The molecule has 0 saturated carbocycles. The van der Waals surface area contributed by atoms with Crippen LogP contribution in [-0.2, 0) is 16.7 Å². The molecule has 0 unspecified atom stereocenters. The predicted octanol–water partition coefficient (Wildman–Crippen LogP) is 3.10. The van der Waals surface area contributed by atoms with Gasteiger partial charge in [0, 0.05) is 50.5 Å². The van der Waals surface area contributed by atoms with E-state index in [-0.39, 0.29) is 5.41 Å². The van der Waals surface area contributed by atoms with Gasteiger partial charge in [-0.2, -0.15) is 4.98 Å². The monoisotopic (exact) mass is 379 g/mol. The Labute approximate surface area is 164 Å². The van der Waals surface area contributed by atoms with Crippen molar-refractivity contribution in [2.45, 2.75) is 31.2 Å². The number of likely N-dealkylation sites (tertiary alicyclic amines) is 1. The lowest BCUT2D eigenvalue weighted by atomic mass is 9.75. The van der Waals surface area contributed by atoms with Gasteiger partial charge in [-0.05, 0) is 56.1 Å². The summed E-state index contributed by atoms with van der Waals surface area (Å²) < 4.78 is 11.0. The Hall–Kier alpha value is -2.64. The minimum atomic E-state index is -0.120. The molecule has 1 aliphatic heterocycles. The van der Waals surface area contributed by atoms with Gasteiger partial charge in [0.1, 0.15) is 0 Å². The topological polar surface area (TPSA) is 77.2 Å². The summed E-state index contributed by atoms with van der Waals surface area (Å²) in [6, 6.07) is 7.92. The van der Waals surface area contributed by atoms with Crippen molar-refractivity contribution in [2.24, 2.45) is 0 Å². The molecule has 0 N–H and O–H groups in total. The molecule has 7 heteroatoms. The third-order valence-corrected chi connectivity index (χ3v) is 5.54. The SMILES string of the molecule is COCCC1(c2noc(-c3cccnc3)n2)CCN(Cc2cccnc2)CC1. The number of aromatic nitrogens is 4. The van der Waals surface area contributed by atoms with Gasteiger partial charge < -0.3 is 9.26 Å². The van der Waals surface area contributed by atoms with Crippen LogP contribution in [-0.4, -0.2) is 51.8 Å². The second kappa shape index (κ2) is 8.58. The zero-order chi connectivity index (χ0) is 19.2.